The smallest absolute Gasteiger partial charge is 0.251 e. The Balaban J connectivity index is 2.74. The standard InChI is InChI=1S/C16H19NO2/c1-5-9(2)6-12-7-10(3)14-13(15(12)18)8-11(4)16(19)17-14/h5,7-8,18H,6H2,1-4H3,(H,17,19)/b9-5+. The monoisotopic (exact) mass is 257 g/mol. The molecule has 19 heavy (non-hydrogen) atoms. The molecule has 0 atom stereocenters. The van der Waals surface area contributed by atoms with Crippen molar-refractivity contribution in [3.05, 3.63) is 50.8 Å². The van der Waals surface area contributed by atoms with Gasteiger partial charge in [-0.25, -0.2) is 0 Å². The van der Waals surface area contributed by atoms with E-state index in [4.69, 9.17) is 0 Å². The van der Waals surface area contributed by atoms with Gasteiger partial charge in [-0.3, -0.25) is 4.79 Å². The lowest BCUT2D eigenvalue weighted by molar-refractivity contribution is 0.475. The molecule has 0 aliphatic carbocycles. The molecule has 1 aromatic heterocycles. The number of phenolic OH excluding ortho intramolecular Hbond substituents is 1. The average molecular weight is 257 g/mol. The maximum atomic E-state index is 11.7. The van der Waals surface area contributed by atoms with Crippen molar-refractivity contribution in [3.63, 3.8) is 0 Å². The lowest BCUT2D eigenvalue weighted by Crippen LogP contribution is -2.09. The summed E-state index contributed by atoms with van der Waals surface area (Å²) in [6.45, 7) is 7.72. The van der Waals surface area contributed by atoms with Crippen molar-refractivity contribution < 1.29 is 5.11 Å². The van der Waals surface area contributed by atoms with E-state index in [1.165, 1.54) is 5.57 Å². The molecule has 3 nitrogen and oxygen atoms in total. The van der Waals surface area contributed by atoms with Crippen LogP contribution >= 0.6 is 0 Å². The molecule has 0 aliphatic rings. The third-order valence-corrected chi connectivity index (χ3v) is 3.53. The van der Waals surface area contributed by atoms with Gasteiger partial charge in [-0.2, -0.15) is 0 Å². The van der Waals surface area contributed by atoms with Gasteiger partial charge in [0, 0.05) is 10.9 Å². The van der Waals surface area contributed by atoms with Crippen LogP contribution in [0.3, 0.4) is 0 Å². The van der Waals surface area contributed by atoms with Gasteiger partial charge in [0.25, 0.3) is 5.56 Å². The number of H-pyrrole nitrogens is 1. The summed E-state index contributed by atoms with van der Waals surface area (Å²) in [7, 11) is 0. The maximum absolute atomic E-state index is 11.7. The molecular formula is C16H19NO2. The Labute approximate surface area is 112 Å². The highest BCUT2D eigenvalue weighted by molar-refractivity contribution is 5.89. The van der Waals surface area contributed by atoms with Gasteiger partial charge in [-0.1, -0.05) is 11.6 Å². The molecule has 0 aliphatic heterocycles. The Morgan fingerprint density at radius 1 is 1.32 bits per heavy atom. The van der Waals surface area contributed by atoms with E-state index in [0.717, 1.165) is 28.5 Å². The first-order valence-corrected chi connectivity index (χ1v) is 6.41. The summed E-state index contributed by atoms with van der Waals surface area (Å²) in [4.78, 5) is 14.5. The zero-order valence-corrected chi connectivity index (χ0v) is 11.8. The number of hydrogen-bond donors (Lipinski definition) is 2. The molecule has 1 aromatic carbocycles. The number of rotatable bonds is 2. The number of benzene rings is 1. The second-order valence-electron chi connectivity index (χ2n) is 5.08. The number of nitrogens with one attached hydrogen (secondary N) is 1. The second-order valence-corrected chi connectivity index (χ2v) is 5.08. The van der Waals surface area contributed by atoms with E-state index in [9.17, 15) is 9.90 Å². The van der Waals surface area contributed by atoms with Crippen LogP contribution in [0.4, 0.5) is 0 Å². The number of allylic oxidation sites excluding steroid dienone is 2. The second kappa shape index (κ2) is 4.92. The van der Waals surface area contributed by atoms with Gasteiger partial charge in [-0.05, 0) is 57.4 Å². The van der Waals surface area contributed by atoms with Crippen LogP contribution in [-0.4, -0.2) is 10.1 Å². The minimum Gasteiger partial charge on any atom is -0.507 e. The molecule has 0 bridgehead atoms. The Hall–Kier alpha value is -2.03. The van der Waals surface area contributed by atoms with Crippen molar-refractivity contribution in [2.75, 3.05) is 0 Å². The predicted octanol–water partition coefficient (Wildman–Crippen LogP) is 3.36. The van der Waals surface area contributed by atoms with Gasteiger partial charge in [0.1, 0.15) is 5.75 Å². The fourth-order valence-corrected chi connectivity index (χ4v) is 2.24. The molecule has 2 aromatic rings. The van der Waals surface area contributed by atoms with E-state index < -0.39 is 0 Å². The Kier molecular flexibility index (Phi) is 3.47. The molecule has 1 heterocycles. The molecule has 0 unspecified atom stereocenters. The molecular weight excluding hydrogens is 238 g/mol. The van der Waals surface area contributed by atoms with Crippen molar-refractivity contribution in [3.8, 4) is 5.75 Å². The first-order valence-electron chi connectivity index (χ1n) is 6.41. The number of aromatic hydroxyl groups is 1. The lowest BCUT2D eigenvalue weighted by Gasteiger charge is -2.11. The third-order valence-electron chi connectivity index (χ3n) is 3.53. The van der Waals surface area contributed by atoms with Crippen LogP contribution in [0, 0.1) is 13.8 Å². The van der Waals surface area contributed by atoms with Crippen molar-refractivity contribution in [2.24, 2.45) is 0 Å². The van der Waals surface area contributed by atoms with Crippen LogP contribution < -0.4 is 5.56 Å². The number of hydrogen-bond acceptors (Lipinski definition) is 2. The van der Waals surface area contributed by atoms with Crippen LogP contribution in [0.15, 0.2) is 28.6 Å². The fraction of sp³-hybridized carbons (Fsp3) is 0.312. The summed E-state index contributed by atoms with van der Waals surface area (Å²) in [6, 6.07) is 3.70. The van der Waals surface area contributed by atoms with Gasteiger partial charge in [0.05, 0.1) is 5.52 Å². The minimum atomic E-state index is -0.104. The van der Waals surface area contributed by atoms with Gasteiger partial charge < -0.3 is 10.1 Å². The van der Waals surface area contributed by atoms with Gasteiger partial charge in [0.2, 0.25) is 0 Å². The Bertz CT molecular complexity index is 724. The zero-order chi connectivity index (χ0) is 14.2. The van der Waals surface area contributed by atoms with Crippen molar-refractivity contribution in [2.45, 2.75) is 34.1 Å². The van der Waals surface area contributed by atoms with Crippen molar-refractivity contribution in [1.82, 2.24) is 4.98 Å². The normalized spacial score (nSPS) is 12.1. The SMILES string of the molecule is C/C=C(\C)Cc1cc(C)c2[nH]c(=O)c(C)cc2c1O. The highest BCUT2D eigenvalue weighted by atomic mass is 16.3. The predicted molar refractivity (Wildman–Crippen MR) is 78.8 cm³/mol. The summed E-state index contributed by atoms with van der Waals surface area (Å²) in [5.41, 5.74) is 4.30. The molecule has 3 heteroatoms. The van der Waals surface area contributed by atoms with E-state index >= 15 is 0 Å². The first-order chi connectivity index (χ1) is 8.93. The van der Waals surface area contributed by atoms with E-state index in [1.807, 2.05) is 32.9 Å². The molecule has 2 N–H and O–H groups in total. The largest absolute Gasteiger partial charge is 0.507 e. The minimum absolute atomic E-state index is 0.104. The number of fused-ring (bicyclic) bond motifs is 1. The maximum Gasteiger partial charge on any atom is 0.251 e. The summed E-state index contributed by atoms with van der Waals surface area (Å²) in [6.07, 6.45) is 2.76. The average Bonchev–Trinajstić information content (AvgIpc) is 2.37. The molecule has 0 spiro atoms. The van der Waals surface area contributed by atoms with E-state index in [1.54, 1.807) is 13.0 Å². The summed E-state index contributed by atoms with van der Waals surface area (Å²) < 4.78 is 0. The van der Waals surface area contributed by atoms with Crippen molar-refractivity contribution >= 4 is 10.9 Å². The molecule has 0 radical (unpaired) electrons. The number of aromatic nitrogens is 1. The molecule has 100 valence electrons. The fourth-order valence-electron chi connectivity index (χ4n) is 2.24. The van der Waals surface area contributed by atoms with Gasteiger partial charge in [-0.15, -0.1) is 0 Å². The first kappa shape index (κ1) is 13.4. The van der Waals surface area contributed by atoms with E-state index in [2.05, 4.69) is 4.98 Å². The van der Waals surface area contributed by atoms with Crippen LogP contribution in [0.1, 0.15) is 30.5 Å². The summed E-state index contributed by atoms with van der Waals surface area (Å²) in [5.74, 6) is 0.265. The molecule has 0 fully saturated rings. The third kappa shape index (κ3) is 2.41. The quantitative estimate of drug-likeness (QED) is 0.810. The van der Waals surface area contributed by atoms with Gasteiger partial charge >= 0.3 is 0 Å². The number of pyridine rings is 1. The molecule has 2 rings (SSSR count). The Morgan fingerprint density at radius 3 is 2.63 bits per heavy atom. The number of aryl methyl sites for hydroxylation is 2. The highest BCUT2D eigenvalue weighted by Crippen LogP contribution is 2.31. The molecule has 0 saturated heterocycles. The van der Waals surface area contributed by atoms with Crippen LogP contribution in [0.5, 0.6) is 5.75 Å². The van der Waals surface area contributed by atoms with Crippen LogP contribution in [0.2, 0.25) is 0 Å². The van der Waals surface area contributed by atoms with E-state index in [-0.39, 0.29) is 11.3 Å². The van der Waals surface area contributed by atoms with Crippen molar-refractivity contribution in [1.29, 1.82) is 0 Å². The molecule has 0 amide bonds. The molecule has 0 saturated carbocycles. The van der Waals surface area contributed by atoms with Crippen LogP contribution in [0.25, 0.3) is 10.9 Å². The number of phenols is 1. The summed E-state index contributed by atoms with van der Waals surface area (Å²) in [5, 5.41) is 11.1. The number of aromatic amines is 1. The lowest BCUT2D eigenvalue weighted by atomic mass is 9.98. The van der Waals surface area contributed by atoms with Gasteiger partial charge in [0.15, 0.2) is 0 Å². The summed E-state index contributed by atoms with van der Waals surface area (Å²) >= 11 is 0. The zero-order valence-electron chi connectivity index (χ0n) is 11.8. The van der Waals surface area contributed by atoms with Crippen LogP contribution in [-0.2, 0) is 6.42 Å². The Morgan fingerprint density at radius 2 is 2.00 bits per heavy atom. The topological polar surface area (TPSA) is 53.1 Å². The van der Waals surface area contributed by atoms with E-state index in [0.29, 0.717) is 5.56 Å². The highest BCUT2D eigenvalue weighted by Gasteiger charge is 2.11.